The molecule has 0 unspecified atom stereocenters. The predicted octanol–water partition coefficient (Wildman–Crippen LogP) is 4.09. The standard InChI is InChI=1S/C15H19ClN2O/c1-11(2)18-7-6-14(17-18)10-19-15-5-4-12(3)8-13(15)9-16/h4-8,11H,9-10H2,1-3H3. The summed E-state index contributed by atoms with van der Waals surface area (Å²) in [6, 6.07) is 8.39. The zero-order valence-corrected chi connectivity index (χ0v) is 12.3. The molecule has 0 spiro atoms. The van der Waals surface area contributed by atoms with E-state index in [1.54, 1.807) is 0 Å². The molecule has 3 nitrogen and oxygen atoms in total. The summed E-state index contributed by atoms with van der Waals surface area (Å²) in [6.45, 7) is 6.71. The third-order valence-corrected chi connectivity index (χ3v) is 3.22. The van der Waals surface area contributed by atoms with Crippen molar-refractivity contribution in [2.75, 3.05) is 0 Å². The van der Waals surface area contributed by atoms with E-state index in [9.17, 15) is 0 Å². The van der Waals surface area contributed by atoms with Gasteiger partial charge in [-0.05, 0) is 32.9 Å². The third-order valence-electron chi connectivity index (χ3n) is 2.93. The summed E-state index contributed by atoms with van der Waals surface area (Å²) >= 11 is 5.93. The number of hydrogen-bond acceptors (Lipinski definition) is 2. The Kier molecular flexibility index (Phi) is 4.48. The number of halogens is 1. The minimum atomic E-state index is 0.367. The molecule has 19 heavy (non-hydrogen) atoms. The van der Waals surface area contributed by atoms with Crippen molar-refractivity contribution in [3.8, 4) is 5.75 Å². The quantitative estimate of drug-likeness (QED) is 0.770. The highest BCUT2D eigenvalue weighted by Gasteiger charge is 2.06. The topological polar surface area (TPSA) is 27.1 Å². The van der Waals surface area contributed by atoms with Gasteiger partial charge in [-0.1, -0.05) is 17.7 Å². The fraction of sp³-hybridized carbons (Fsp3) is 0.400. The van der Waals surface area contributed by atoms with Gasteiger partial charge in [0.05, 0.1) is 11.6 Å². The Labute approximate surface area is 119 Å². The molecule has 4 heteroatoms. The van der Waals surface area contributed by atoms with Gasteiger partial charge in [0, 0.05) is 17.8 Å². The minimum absolute atomic E-state index is 0.367. The molecular weight excluding hydrogens is 260 g/mol. The molecule has 1 aromatic heterocycles. The van der Waals surface area contributed by atoms with E-state index in [1.165, 1.54) is 5.56 Å². The monoisotopic (exact) mass is 278 g/mol. The summed E-state index contributed by atoms with van der Waals surface area (Å²) in [6.07, 6.45) is 1.97. The predicted molar refractivity (Wildman–Crippen MR) is 77.7 cm³/mol. The second kappa shape index (κ2) is 6.11. The number of aryl methyl sites for hydroxylation is 1. The van der Waals surface area contributed by atoms with Crippen LogP contribution in [-0.4, -0.2) is 9.78 Å². The number of hydrogen-bond donors (Lipinski definition) is 0. The number of alkyl halides is 1. The average molecular weight is 279 g/mol. The van der Waals surface area contributed by atoms with Gasteiger partial charge in [-0.25, -0.2) is 0 Å². The van der Waals surface area contributed by atoms with Gasteiger partial charge in [0.1, 0.15) is 12.4 Å². The van der Waals surface area contributed by atoms with Crippen molar-refractivity contribution in [1.29, 1.82) is 0 Å². The zero-order chi connectivity index (χ0) is 13.8. The van der Waals surface area contributed by atoms with Crippen LogP contribution in [0.2, 0.25) is 0 Å². The van der Waals surface area contributed by atoms with Gasteiger partial charge in [0.15, 0.2) is 0 Å². The first-order valence-corrected chi connectivity index (χ1v) is 6.96. The van der Waals surface area contributed by atoms with Gasteiger partial charge in [0.25, 0.3) is 0 Å². The maximum Gasteiger partial charge on any atom is 0.132 e. The van der Waals surface area contributed by atoms with E-state index < -0.39 is 0 Å². The molecule has 0 saturated heterocycles. The van der Waals surface area contributed by atoms with Gasteiger partial charge in [0.2, 0.25) is 0 Å². The lowest BCUT2D eigenvalue weighted by atomic mass is 10.1. The number of nitrogens with zero attached hydrogens (tertiary/aromatic N) is 2. The third kappa shape index (κ3) is 3.51. The van der Waals surface area contributed by atoms with Gasteiger partial charge in [-0.3, -0.25) is 4.68 Å². The second-order valence-electron chi connectivity index (χ2n) is 4.91. The van der Waals surface area contributed by atoms with Crippen LogP contribution < -0.4 is 4.74 Å². The average Bonchev–Trinajstić information content (AvgIpc) is 2.86. The van der Waals surface area contributed by atoms with E-state index in [4.69, 9.17) is 16.3 Å². The fourth-order valence-electron chi connectivity index (χ4n) is 1.85. The maximum absolute atomic E-state index is 5.93. The highest BCUT2D eigenvalue weighted by atomic mass is 35.5. The van der Waals surface area contributed by atoms with Crippen molar-refractivity contribution in [2.24, 2.45) is 0 Å². The molecule has 2 aromatic rings. The molecule has 0 aliphatic rings. The van der Waals surface area contributed by atoms with Gasteiger partial charge in [-0.2, -0.15) is 5.10 Å². The highest BCUT2D eigenvalue weighted by molar-refractivity contribution is 6.17. The molecule has 0 saturated carbocycles. The van der Waals surface area contributed by atoms with Crippen LogP contribution >= 0.6 is 11.6 Å². The van der Waals surface area contributed by atoms with Crippen molar-refractivity contribution in [3.63, 3.8) is 0 Å². The van der Waals surface area contributed by atoms with Crippen LogP contribution in [0.25, 0.3) is 0 Å². The Hall–Kier alpha value is -1.48. The van der Waals surface area contributed by atoms with Gasteiger partial charge in [-0.15, -0.1) is 11.6 Å². The number of rotatable bonds is 5. The molecule has 0 atom stereocenters. The number of ether oxygens (including phenoxy) is 1. The van der Waals surface area contributed by atoms with Gasteiger partial charge >= 0.3 is 0 Å². The van der Waals surface area contributed by atoms with Crippen molar-refractivity contribution in [3.05, 3.63) is 47.3 Å². The van der Waals surface area contributed by atoms with Crippen LogP contribution in [0, 0.1) is 6.92 Å². The lowest BCUT2D eigenvalue weighted by Crippen LogP contribution is -2.04. The molecule has 0 amide bonds. The SMILES string of the molecule is Cc1ccc(OCc2ccn(C(C)C)n2)c(CCl)c1. The summed E-state index contributed by atoms with van der Waals surface area (Å²) < 4.78 is 7.73. The normalized spacial score (nSPS) is 11.0. The van der Waals surface area contributed by atoms with Crippen LogP contribution in [-0.2, 0) is 12.5 Å². The van der Waals surface area contributed by atoms with Crippen molar-refractivity contribution in [2.45, 2.75) is 39.3 Å². The summed E-state index contributed by atoms with van der Waals surface area (Å²) in [5, 5.41) is 4.46. The van der Waals surface area contributed by atoms with Crippen LogP contribution in [0.5, 0.6) is 5.75 Å². The zero-order valence-electron chi connectivity index (χ0n) is 11.6. The van der Waals surface area contributed by atoms with Crippen LogP contribution in [0.15, 0.2) is 30.5 Å². The molecule has 0 radical (unpaired) electrons. The highest BCUT2D eigenvalue weighted by Crippen LogP contribution is 2.22. The van der Waals surface area contributed by atoms with Crippen molar-refractivity contribution >= 4 is 11.6 Å². The van der Waals surface area contributed by atoms with Crippen molar-refractivity contribution in [1.82, 2.24) is 9.78 Å². The molecule has 1 heterocycles. The lowest BCUT2D eigenvalue weighted by Gasteiger charge is -2.10. The van der Waals surface area contributed by atoms with Crippen molar-refractivity contribution < 1.29 is 4.74 Å². The van der Waals surface area contributed by atoms with E-state index in [0.29, 0.717) is 18.5 Å². The molecule has 0 aliphatic heterocycles. The summed E-state index contributed by atoms with van der Waals surface area (Å²) in [5.41, 5.74) is 3.13. The molecule has 0 bridgehead atoms. The van der Waals surface area contributed by atoms with Gasteiger partial charge < -0.3 is 4.74 Å². The Bertz CT molecular complexity index is 549. The summed E-state index contributed by atoms with van der Waals surface area (Å²) in [4.78, 5) is 0. The molecule has 2 rings (SSSR count). The number of benzene rings is 1. The van der Waals surface area contributed by atoms with Crippen LogP contribution in [0.4, 0.5) is 0 Å². The number of aromatic nitrogens is 2. The second-order valence-corrected chi connectivity index (χ2v) is 5.18. The van der Waals surface area contributed by atoms with E-state index in [-0.39, 0.29) is 0 Å². The molecular formula is C15H19ClN2O. The van der Waals surface area contributed by atoms with E-state index >= 15 is 0 Å². The van der Waals surface area contributed by atoms with E-state index in [0.717, 1.165) is 17.0 Å². The lowest BCUT2D eigenvalue weighted by molar-refractivity contribution is 0.296. The van der Waals surface area contributed by atoms with Crippen LogP contribution in [0.1, 0.15) is 36.7 Å². The molecule has 102 valence electrons. The Morgan fingerprint density at radius 2 is 2.11 bits per heavy atom. The first-order valence-electron chi connectivity index (χ1n) is 6.42. The molecule has 0 aliphatic carbocycles. The first-order chi connectivity index (χ1) is 9.10. The molecule has 1 aromatic carbocycles. The summed E-state index contributed by atoms with van der Waals surface area (Å²) in [5.74, 6) is 1.29. The Morgan fingerprint density at radius 3 is 2.74 bits per heavy atom. The molecule has 0 fully saturated rings. The molecule has 0 N–H and O–H groups in total. The first kappa shape index (κ1) is 13.9. The Balaban J connectivity index is 2.05. The van der Waals surface area contributed by atoms with E-state index in [2.05, 4.69) is 25.0 Å². The van der Waals surface area contributed by atoms with Crippen LogP contribution in [0.3, 0.4) is 0 Å². The summed E-state index contributed by atoms with van der Waals surface area (Å²) in [7, 11) is 0. The maximum atomic E-state index is 5.93. The minimum Gasteiger partial charge on any atom is -0.487 e. The smallest absolute Gasteiger partial charge is 0.132 e. The largest absolute Gasteiger partial charge is 0.487 e. The fourth-order valence-corrected chi connectivity index (χ4v) is 2.06. The van der Waals surface area contributed by atoms with E-state index in [1.807, 2.05) is 36.0 Å². The Morgan fingerprint density at radius 1 is 1.32 bits per heavy atom.